The van der Waals surface area contributed by atoms with Crippen molar-refractivity contribution < 1.29 is 0 Å². The molecule has 0 bridgehead atoms. The third-order valence-electron chi connectivity index (χ3n) is 2.85. The average Bonchev–Trinajstić information content (AvgIpc) is 2.68. The fourth-order valence-corrected chi connectivity index (χ4v) is 1.90. The van der Waals surface area contributed by atoms with Crippen molar-refractivity contribution in [3.8, 4) is 6.07 Å². The lowest BCUT2D eigenvalue weighted by Crippen LogP contribution is -2.08. The topological polar surface area (TPSA) is 53.6 Å². The molecule has 92 valence electrons. The summed E-state index contributed by atoms with van der Waals surface area (Å²) in [6.45, 7) is 3.95. The third-order valence-corrected chi connectivity index (χ3v) is 2.85. The lowest BCUT2D eigenvalue weighted by Gasteiger charge is -2.12. The van der Waals surface area contributed by atoms with E-state index in [1.807, 2.05) is 51.4 Å². The van der Waals surface area contributed by atoms with Crippen LogP contribution in [0.4, 0.5) is 5.69 Å². The highest BCUT2D eigenvalue weighted by atomic mass is 15.3. The highest BCUT2D eigenvalue weighted by molar-refractivity contribution is 5.48. The molecule has 1 N–H and O–H groups in total. The number of hydrogen-bond acceptors (Lipinski definition) is 3. The molecule has 0 saturated heterocycles. The molecule has 2 aromatic rings. The Bertz CT molecular complexity index is 575. The maximum absolute atomic E-state index is 9.28. The number of aryl methyl sites for hydroxylation is 3. The number of rotatable bonds is 3. The fourth-order valence-electron chi connectivity index (χ4n) is 1.90. The number of nitrogens with zero attached hydrogens (tertiary/aromatic N) is 3. The maximum atomic E-state index is 9.28. The van der Waals surface area contributed by atoms with Crippen molar-refractivity contribution in [1.29, 1.82) is 5.26 Å². The number of nitriles is 1. The molecule has 1 heterocycles. The summed E-state index contributed by atoms with van der Waals surface area (Å²) in [4.78, 5) is 0. The quantitative estimate of drug-likeness (QED) is 0.897. The van der Waals surface area contributed by atoms with Gasteiger partial charge in [0.2, 0.25) is 0 Å². The van der Waals surface area contributed by atoms with Crippen LogP contribution in [0.5, 0.6) is 0 Å². The molecular weight excluding hydrogens is 224 g/mol. The molecule has 0 aliphatic rings. The number of benzene rings is 1. The van der Waals surface area contributed by atoms with Gasteiger partial charge in [-0.1, -0.05) is 17.7 Å². The minimum atomic E-state index is -0.374. The molecule has 4 heteroatoms. The summed E-state index contributed by atoms with van der Waals surface area (Å²) in [6, 6.07) is 9.89. The van der Waals surface area contributed by atoms with Gasteiger partial charge < -0.3 is 5.32 Å². The van der Waals surface area contributed by atoms with Gasteiger partial charge in [0.1, 0.15) is 6.04 Å². The fraction of sp³-hybridized carbons (Fsp3) is 0.286. The first-order valence-electron chi connectivity index (χ1n) is 5.83. The summed E-state index contributed by atoms with van der Waals surface area (Å²) in [7, 11) is 1.86. The zero-order valence-corrected chi connectivity index (χ0v) is 10.8. The van der Waals surface area contributed by atoms with Crippen molar-refractivity contribution in [2.24, 2.45) is 7.05 Å². The molecule has 0 fully saturated rings. The molecule has 4 nitrogen and oxygen atoms in total. The molecule has 1 aromatic heterocycles. The Kier molecular flexibility index (Phi) is 3.33. The average molecular weight is 240 g/mol. The molecule has 0 saturated carbocycles. The van der Waals surface area contributed by atoms with Crippen LogP contribution in [0.15, 0.2) is 30.5 Å². The van der Waals surface area contributed by atoms with Crippen LogP contribution >= 0.6 is 0 Å². The van der Waals surface area contributed by atoms with E-state index in [-0.39, 0.29) is 6.04 Å². The summed E-state index contributed by atoms with van der Waals surface area (Å²) in [6.07, 6.45) is 1.88. The van der Waals surface area contributed by atoms with Crippen LogP contribution in [0.2, 0.25) is 0 Å². The van der Waals surface area contributed by atoms with Gasteiger partial charge in [0.15, 0.2) is 0 Å². The van der Waals surface area contributed by atoms with Gasteiger partial charge in [-0.25, -0.2) is 0 Å². The highest BCUT2D eigenvalue weighted by Gasteiger charge is 2.15. The van der Waals surface area contributed by atoms with Gasteiger partial charge in [-0.3, -0.25) is 4.68 Å². The Hall–Kier alpha value is -2.28. The van der Waals surface area contributed by atoms with E-state index in [1.54, 1.807) is 4.68 Å². The van der Waals surface area contributed by atoms with E-state index in [0.717, 1.165) is 16.9 Å². The van der Waals surface area contributed by atoms with Crippen LogP contribution < -0.4 is 5.32 Å². The molecule has 1 atom stereocenters. The zero-order chi connectivity index (χ0) is 13.1. The van der Waals surface area contributed by atoms with Gasteiger partial charge in [0, 0.05) is 24.5 Å². The van der Waals surface area contributed by atoms with E-state index in [0.29, 0.717) is 0 Å². The van der Waals surface area contributed by atoms with Crippen LogP contribution in [0.1, 0.15) is 22.9 Å². The first kappa shape index (κ1) is 12.2. The summed E-state index contributed by atoms with van der Waals surface area (Å²) in [5, 5.41) is 16.8. The normalized spacial score (nSPS) is 11.9. The number of hydrogen-bond donors (Lipinski definition) is 1. The Morgan fingerprint density at radius 3 is 2.44 bits per heavy atom. The summed E-state index contributed by atoms with van der Waals surface area (Å²) < 4.78 is 1.73. The molecule has 18 heavy (non-hydrogen) atoms. The minimum Gasteiger partial charge on any atom is -0.366 e. The minimum absolute atomic E-state index is 0.374. The lowest BCUT2D eigenvalue weighted by molar-refractivity contribution is 0.756. The van der Waals surface area contributed by atoms with Gasteiger partial charge in [-0.2, -0.15) is 10.4 Å². The second kappa shape index (κ2) is 4.92. The van der Waals surface area contributed by atoms with Gasteiger partial charge in [0.05, 0.1) is 11.8 Å². The Balaban J connectivity index is 2.23. The summed E-state index contributed by atoms with van der Waals surface area (Å²) in [5.74, 6) is 0. The van der Waals surface area contributed by atoms with Crippen molar-refractivity contribution >= 4 is 5.69 Å². The van der Waals surface area contributed by atoms with Gasteiger partial charge in [-0.05, 0) is 26.0 Å². The molecule has 1 unspecified atom stereocenters. The Morgan fingerprint density at radius 1 is 1.28 bits per heavy atom. The van der Waals surface area contributed by atoms with Gasteiger partial charge in [-0.15, -0.1) is 0 Å². The monoisotopic (exact) mass is 240 g/mol. The lowest BCUT2D eigenvalue weighted by atomic mass is 10.1. The molecule has 2 rings (SSSR count). The van der Waals surface area contributed by atoms with Crippen LogP contribution in [0.3, 0.4) is 0 Å². The van der Waals surface area contributed by atoms with Crippen molar-refractivity contribution in [3.63, 3.8) is 0 Å². The van der Waals surface area contributed by atoms with Crippen molar-refractivity contribution in [3.05, 3.63) is 47.3 Å². The summed E-state index contributed by atoms with van der Waals surface area (Å²) in [5.41, 5.74) is 3.94. The predicted molar refractivity (Wildman–Crippen MR) is 71.1 cm³/mol. The molecule has 1 aromatic carbocycles. The maximum Gasteiger partial charge on any atom is 0.143 e. The van der Waals surface area contributed by atoms with Gasteiger partial charge in [0.25, 0.3) is 0 Å². The first-order chi connectivity index (χ1) is 8.60. The van der Waals surface area contributed by atoms with Crippen molar-refractivity contribution in [2.75, 3.05) is 5.32 Å². The second-order valence-electron chi connectivity index (χ2n) is 4.42. The largest absolute Gasteiger partial charge is 0.366 e. The molecular formula is C14H16N4. The predicted octanol–water partition coefficient (Wildman–Crippen LogP) is 2.71. The molecule has 0 aliphatic heterocycles. The van der Waals surface area contributed by atoms with Crippen LogP contribution in [-0.4, -0.2) is 9.78 Å². The van der Waals surface area contributed by atoms with E-state index >= 15 is 0 Å². The number of aromatic nitrogens is 2. The SMILES string of the molecule is Cc1ccc(NC(C#N)c2cn(C)nc2C)cc1. The van der Waals surface area contributed by atoms with Gasteiger partial charge >= 0.3 is 0 Å². The van der Waals surface area contributed by atoms with Crippen LogP contribution in [-0.2, 0) is 7.05 Å². The Morgan fingerprint density at radius 2 is 1.94 bits per heavy atom. The highest BCUT2D eigenvalue weighted by Crippen LogP contribution is 2.21. The molecule has 0 amide bonds. The molecule has 0 aliphatic carbocycles. The second-order valence-corrected chi connectivity index (χ2v) is 4.42. The third kappa shape index (κ3) is 2.51. The van der Waals surface area contributed by atoms with Crippen molar-refractivity contribution in [1.82, 2.24) is 9.78 Å². The van der Waals surface area contributed by atoms with Crippen LogP contribution in [0, 0.1) is 25.2 Å². The Labute approximate surface area is 107 Å². The van der Waals surface area contributed by atoms with E-state index in [9.17, 15) is 5.26 Å². The van der Waals surface area contributed by atoms with E-state index in [4.69, 9.17) is 0 Å². The molecule has 0 radical (unpaired) electrons. The number of nitrogens with one attached hydrogen (secondary N) is 1. The molecule has 0 spiro atoms. The van der Waals surface area contributed by atoms with E-state index < -0.39 is 0 Å². The zero-order valence-electron chi connectivity index (χ0n) is 10.8. The standard InChI is InChI=1S/C14H16N4/c1-10-4-6-12(7-5-10)16-14(8-15)13-9-18(3)17-11(13)2/h4-7,9,14,16H,1-3H3. The summed E-state index contributed by atoms with van der Waals surface area (Å²) >= 11 is 0. The number of anilines is 1. The van der Waals surface area contributed by atoms with Crippen molar-refractivity contribution in [2.45, 2.75) is 19.9 Å². The first-order valence-corrected chi connectivity index (χ1v) is 5.83. The van der Waals surface area contributed by atoms with Crippen LogP contribution in [0.25, 0.3) is 0 Å². The van der Waals surface area contributed by atoms with E-state index in [1.165, 1.54) is 5.56 Å². The van der Waals surface area contributed by atoms with E-state index in [2.05, 4.69) is 16.5 Å². The smallest absolute Gasteiger partial charge is 0.143 e.